The van der Waals surface area contributed by atoms with Crippen molar-refractivity contribution in [1.29, 1.82) is 5.26 Å². The molecule has 0 aliphatic rings. The van der Waals surface area contributed by atoms with Gasteiger partial charge in [-0.1, -0.05) is 0 Å². The van der Waals surface area contributed by atoms with Crippen LogP contribution in [-0.4, -0.2) is 4.98 Å². The predicted molar refractivity (Wildman–Crippen MR) is 46.2 cm³/mol. The van der Waals surface area contributed by atoms with Gasteiger partial charge >= 0.3 is 0 Å². The number of pyridine rings is 1. The zero-order valence-electron chi connectivity index (χ0n) is 7.17. The second-order valence-corrected chi connectivity index (χ2v) is 2.58. The van der Waals surface area contributed by atoms with Crippen LogP contribution in [0.3, 0.4) is 0 Å². The van der Waals surface area contributed by atoms with Crippen LogP contribution in [0.4, 0.5) is 14.6 Å². The Morgan fingerprint density at radius 3 is 2.64 bits per heavy atom. The normalized spacial score (nSPS) is 10.2. The van der Waals surface area contributed by atoms with Gasteiger partial charge in [0.1, 0.15) is 17.6 Å². The molecule has 4 N–H and O–H groups in total. The van der Waals surface area contributed by atoms with Crippen LogP contribution in [0, 0.1) is 11.3 Å². The maximum absolute atomic E-state index is 12.4. The zero-order valence-corrected chi connectivity index (χ0v) is 7.17. The second kappa shape index (κ2) is 3.98. The molecule has 0 atom stereocenters. The van der Waals surface area contributed by atoms with E-state index in [0.717, 1.165) is 0 Å². The summed E-state index contributed by atoms with van der Waals surface area (Å²) in [6.45, 7) is -0.0185. The number of nitrogens with two attached hydrogens (primary N) is 2. The van der Waals surface area contributed by atoms with Crippen LogP contribution in [0.5, 0.6) is 0 Å². The van der Waals surface area contributed by atoms with E-state index in [1.165, 1.54) is 6.07 Å². The van der Waals surface area contributed by atoms with E-state index in [9.17, 15) is 8.78 Å². The second-order valence-electron chi connectivity index (χ2n) is 2.58. The monoisotopic (exact) mass is 198 g/mol. The van der Waals surface area contributed by atoms with Gasteiger partial charge in [0.25, 0.3) is 6.43 Å². The molecule has 0 saturated heterocycles. The number of alkyl halides is 2. The lowest BCUT2D eigenvalue weighted by molar-refractivity contribution is 0.146. The summed E-state index contributed by atoms with van der Waals surface area (Å²) in [5.41, 5.74) is 10.1. The SMILES string of the molecule is N#Cc1c(CN)cc(N)nc1C(F)F. The van der Waals surface area contributed by atoms with Gasteiger partial charge in [-0.15, -0.1) is 0 Å². The molecule has 4 nitrogen and oxygen atoms in total. The molecule has 74 valence electrons. The van der Waals surface area contributed by atoms with Gasteiger partial charge in [0.15, 0.2) is 0 Å². The van der Waals surface area contributed by atoms with Crippen molar-refractivity contribution in [3.8, 4) is 6.07 Å². The number of anilines is 1. The van der Waals surface area contributed by atoms with Crippen LogP contribution >= 0.6 is 0 Å². The van der Waals surface area contributed by atoms with Crippen molar-refractivity contribution in [2.75, 3.05) is 5.73 Å². The van der Waals surface area contributed by atoms with Crippen LogP contribution in [-0.2, 0) is 6.54 Å². The lowest BCUT2D eigenvalue weighted by Crippen LogP contribution is -2.07. The maximum atomic E-state index is 12.4. The van der Waals surface area contributed by atoms with Crippen LogP contribution < -0.4 is 11.5 Å². The Bertz CT molecular complexity index is 384. The first-order chi connectivity index (χ1) is 6.60. The summed E-state index contributed by atoms with van der Waals surface area (Å²) in [4.78, 5) is 3.40. The molecule has 0 spiro atoms. The van der Waals surface area contributed by atoms with Gasteiger partial charge in [-0.2, -0.15) is 5.26 Å². The van der Waals surface area contributed by atoms with Crippen molar-refractivity contribution in [2.45, 2.75) is 13.0 Å². The van der Waals surface area contributed by atoms with Gasteiger partial charge in [-0.25, -0.2) is 13.8 Å². The molecule has 0 aliphatic heterocycles. The van der Waals surface area contributed by atoms with Gasteiger partial charge in [-0.05, 0) is 11.6 Å². The average Bonchev–Trinajstić information content (AvgIpc) is 2.16. The van der Waals surface area contributed by atoms with Gasteiger partial charge in [-0.3, -0.25) is 0 Å². The number of nitrogen functional groups attached to an aromatic ring is 1. The fourth-order valence-electron chi connectivity index (χ4n) is 1.09. The summed E-state index contributed by atoms with van der Waals surface area (Å²) < 4.78 is 24.8. The molecule has 14 heavy (non-hydrogen) atoms. The van der Waals surface area contributed by atoms with E-state index in [0.29, 0.717) is 0 Å². The van der Waals surface area contributed by atoms with Crippen molar-refractivity contribution in [1.82, 2.24) is 4.98 Å². The molecule has 0 saturated carbocycles. The molecule has 1 heterocycles. The van der Waals surface area contributed by atoms with Crippen molar-refractivity contribution in [3.63, 3.8) is 0 Å². The summed E-state index contributed by atoms with van der Waals surface area (Å²) in [6, 6.07) is 2.97. The van der Waals surface area contributed by atoms with E-state index < -0.39 is 12.1 Å². The number of nitrogens with zero attached hydrogens (tertiary/aromatic N) is 2. The molecule has 0 fully saturated rings. The number of rotatable bonds is 2. The Morgan fingerprint density at radius 1 is 1.57 bits per heavy atom. The molecular weight excluding hydrogens is 190 g/mol. The highest BCUT2D eigenvalue weighted by Gasteiger charge is 2.18. The molecular formula is C8H8F2N4. The highest BCUT2D eigenvalue weighted by Crippen LogP contribution is 2.24. The van der Waals surface area contributed by atoms with Crippen LogP contribution in [0.15, 0.2) is 6.07 Å². The lowest BCUT2D eigenvalue weighted by atomic mass is 10.1. The van der Waals surface area contributed by atoms with E-state index in [-0.39, 0.29) is 23.5 Å². The highest BCUT2D eigenvalue weighted by molar-refractivity contribution is 5.48. The van der Waals surface area contributed by atoms with E-state index >= 15 is 0 Å². The van der Waals surface area contributed by atoms with E-state index in [2.05, 4.69) is 4.98 Å². The maximum Gasteiger partial charge on any atom is 0.281 e. The van der Waals surface area contributed by atoms with Crippen LogP contribution in [0.1, 0.15) is 23.2 Å². The van der Waals surface area contributed by atoms with Gasteiger partial charge in [0.2, 0.25) is 0 Å². The standard InChI is InChI=1S/C8H8F2N4/c9-8(10)7-5(3-12)4(2-11)1-6(13)14-7/h1,8H,2,11H2,(H2,13,14). The zero-order chi connectivity index (χ0) is 10.7. The summed E-state index contributed by atoms with van der Waals surface area (Å²) in [6.07, 6.45) is -2.82. The first kappa shape index (κ1) is 10.3. The average molecular weight is 198 g/mol. The number of nitriles is 1. The summed E-state index contributed by atoms with van der Waals surface area (Å²) in [5.74, 6) is -0.0558. The summed E-state index contributed by atoms with van der Waals surface area (Å²) in [7, 11) is 0. The molecule has 0 unspecified atom stereocenters. The Morgan fingerprint density at radius 2 is 2.21 bits per heavy atom. The fourth-order valence-corrected chi connectivity index (χ4v) is 1.09. The molecule has 1 aromatic rings. The molecule has 1 aromatic heterocycles. The topological polar surface area (TPSA) is 88.7 Å². The number of hydrogen-bond donors (Lipinski definition) is 2. The third-order valence-electron chi connectivity index (χ3n) is 1.69. The third kappa shape index (κ3) is 1.78. The largest absolute Gasteiger partial charge is 0.384 e. The highest BCUT2D eigenvalue weighted by atomic mass is 19.3. The summed E-state index contributed by atoms with van der Waals surface area (Å²) in [5, 5.41) is 8.65. The minimum absolute atomic E-state index is 0.0185. The Kier molecular flexibility index (Phi) is 2.94. The smallest absolute Gasteiger partial charge is 0.281 e. The van der Waals surface area contributed by atoms with Crippen LogP contribution in [0.2, 0.25) is 0 Å². The number of aromatic nitrogens is 1. The molecule has 0 aromatic carbocycles. The fraction of sp³-hybridized carbons (Fsp3) is 0.250. The molecule has 1 rings (SSSR count). The van der Waals surface area contributed by atoms with Crippen molar-refractivity contribution in [3.05, 3.63) is 22.9 Å². The van der Waals surface area contributed by atoms with Crippen molar-refractivity contribution in [2.24, 2.45) is 5.73 Å². The minimum Gasteiger partial charge on any atom is -0.384 e. The molecule has 0 amide bonds. The number of hydrogen-bond acceptors (Lipinski definition) is 4. The van der Waals surface area contributed by atoms with E-state index in [4.69, 9.17) is 16.7 Å². The van der Waals surface area contributed by atoms with Gasteiger partial charge in [0, 0.05) is 6.54 Å². The van der Waals surface area contributed by atoms with Crippen molar-refractivity contribution < 1.29 is 8.78 Å². The quantitative estimate of drug-likeness (QED) is 0.739. The molecule has 0 bridgehead atoms. The predicted octanol–water partition coefficient (Wildman–Crippen LogP) is 0.932. The summed E-state index contributed by atoms with van der Waals surface area (Å²) >= 11 is 0. The lowest BCUT2D eigenvalue weighted by Gasteiger charge is -2.07. The van der Waals surface area contributed by atoms with Gasteiger partial charge < -0.3 is 11.5 Å². The van der Waals surface area contributed by atoms with E-state index in [1.807, 2.05) is 0 Å². The number of halogens is 2. The first-order valence-corrected chi connectivity index (χ1v) is 3.77. The van der Waals surface area contributed by atoms with Gasteiger partial charge in [0.05, 0.1) is 5.56 Å². The molecule has 6 heteroatoms. The van der Waals surface area contributed by atoms with Crippen LogP contribution in [0.25, 0.3) is 0 Å². The minimum atomic E-state index is -2.82. The Balaban J connectivity index is 3.41. The third-order valence-corrected chi connectivity index (χ3v) is 1.69. The van der Waals surface area contributed by atoms with E-state index in [1.54, 1.807) is 6.07 Å². The Hall–Kier alpha value is -1.74. The molecule has 0 radical (unpaired) electrons. The Labute approximate surface area is 79.1 Å². The molecule has 0 aliphatic carbocycles. The van der Waals surface area contributed by atoms with Crippen molar-refractivity contribution >= 4 is 5.82 Å². The first-order valence-electron chi connectivity index (χ1n) is 3.77.